The minimum atomic E-state index is -0.537. The summed E-state index contributed by atoms with van der Waals surface area (Å²) in [4.78, 5) is 2.34. The molecule has 1 unspecified atom stereocenters. The van der Waals surface area contributed by atoms with E-state index in [2.05, 4.69) is 227 Å². The van der Waals surface area contributed by atoms with Crippen LogP contribution in [0.4, 0.5) is 17.1 Å². The van der Waals surface area contributed by atoms with Gasteiger partial charge in [-0.05, 0) is 104 Å². The summed E-state index contributed by atoms with van der Waals surface area (Å²) in [7, 11) is 0. The maximum atomic E-state index is 4.02. The van der Waals surface area contributed by atoms with Crippen LogP contribution in [-0.2, 0) is 5.41 Å². The van der Waals surface area contributed by atoms with Crippen LogP contribution >= 0.6 is 15.9 Å². The minimum absolute atomic E-state index is 0.537. The number of rotatable bonds is 7. The van der Waals surface area contributed by atoms with Gasteiger partial charge in [-0.25, -0.2) is 0 Å². The first-order valence-corrected chi connectivity index (χ1v) is 18.2. The van der Waals surface area contributed by atoms with E-state index in [0.29, 0.717) is 0 Å². The molecule has 0 amide bonds. The predicted molar refractivity (Wildman–Crippen MR) is 217 cm³/mol. The summed E-state index contributed by atoms with van der Waals surface area (Å²) in [5, 5.41) is 0. The average Bonchev–Trinajstić information content (AvgIpc) is 3.50. The number of hydrogen-bond donors (Lipinski definition) is 0. The van der Waals surface area contributed by atoms with Crippen LogP contribution in [0.25, 0.3) is 33.4 Å². The van der Waals surface area contributed by atoms with E-state index in [9.17, 15) is 0 Å². The zero-order chi connectivity index (χ0) is 34.2. The lowest BCUT2D eigenvalue weighted by molar-refractivity contribution is 0.764. The Balaban J connectivity index is 1.23. The molecule has 8 aromatic rings. The molecule has 0 heterocycles. The Morgan fingerprint density at radius 3 is 1.43 bits per heavy atom. The van der Waals surface area contributed by atoms with Crippen LogP contribution in [0.2, 0.25) is 0 Å². The molecule has 9 rings (SSSR count). The van der Waals surface area contributed by atoms with Crippen molar-refractivity contribution in [2.45, 2.75) is 5.41 Å². The Morgan fingerprint density at radius 1 is 0.333 bits per heavy atom. The molecule has 0 aromatic heterocycles. The highest BCUT2D eigenvalue weighted by atomic mass is 79.9. The Bertz CT molecular complexity index is 2460. The maximum absolute atomic E-state index is 4.02. The molecular weight excluding hydrogens is 682 g/mol. The van der Waals surface area contributed by atoms with Crippen LogP contribution in [0, 0.1) is 0 Å². The first-order chi connectivity index (χ1) is 25.2. The van der Waals surface area contributed by atoms with Gasteiger partial charge in [-0.2, -0.15) is 0 Å². The number of nitrogens with zero attached hydrogens (tertiary/aromatic N) is 1. The molecule has 51 heavy (non-hydrogen) atoms. The fourth-order valence-electron chi connectivity index (χ4n) is 7.93. The molecule has 0 saturated heterocycles. The van der Waals surface area contributed by atoms with Crippen molar-refractivity contribution in [3.8, 4) is 33.4 Å². The lowest BCUT2D eigenvalue weighted by Gasteiger charge is -2.35. The SMILES string of the molecule is Brc1ccccc1C1(c2ccc(N(c3ccccc3)c3ccc(-c4ccccc4)cc3)cc2)c2ccccc2-c2ccc(-c3ccccc3)cc21. The number of fused-ring (bicyclic) bond motifs is 3. The van der Waals surface area contributed by atoms with E-state index in [4.69, 9.17) is 0 Å². The summed E-state index contributed by atoms with van der Waals surface area (Å²) in [5.41, 5.74) is 15.2. The fourth-order valence-corrected chi connectivity index (χ4v) is 8.51. The molecule has 242 valence electrons. The van der Waals surface area contributed by atoms with E-state index in [1.807, 2.05) is 0 Å². The Morgan fingerprint density at radius 2 is 0.784 bits per heavy atom. The molecule has 0 radical (unpaired) electrons. The van der Waals surface area contributed by atoms with Crippen LogP contribution in [0.15, 0.2) is 211 Å². The minimum Gasteiger partial charge on any atom is -0.311 e. The molecule has 0 N–H and O–H groups in total. The summed E-state index contributed by atoms with van der Waals surface area (Å²) in [6, 6.07) is 74.7. The largest absolute Gasteiger partial charge is 0.311 e. The normalized spacial score (nSPS) is 14.5. The molecule has 0 saturated carbocycles. The van der Waals surface area contributed by atoms with Crippen molar-refractivity contribution >= 4 is 33.0 Å². The van der Waals surface area contributed by atoms with Crippen molar-refractivity contribution in [3.63, 3.8) is 0 Å². The zero-order valence-corrected chi connectivity index (χ0v) is 29.5. The second kappa shape index (κ2) is 13.1. The standard InChI is InChI=1S/C49H34BrN/c50-48-23-13-12-22-46(48)49(45-21-11-10-20-43(45)44-33-26-38(34-47(44)49)36-16-6-2-7-17-36)39-27-31-42(32-28-39)51(40-18-8-3-9-19-40)41-29-24-37(25-30-41)35-14-4-1-5-15-35/h1-34H. The van der Waals surface area contributed by atoms with E-state index in [0.717, 1.165) is 21.5 Å². The lowest BCUT2D eigenvalue weighted by atomic mass is 9.67. The highest BCUT2D eigenvalue weighted by Gasteiger charge is 2.47. The Labute approximate surface area is 308 Å². The van der Waals surface area contributed by atoms with Gasteiger partial charge in [0.05, 0.1) is 5.41 Å². The van der Waals surface area contributed by atoms with Crippen LogP contribution < -0.4 is 4.90 Å². The fraction of sp³-hybridized carbons (Fsp3) is 0.0204. The van der Waals surface area contributed by atoms with Crippen molar-refractivity contribution in [1.82, 2.24) is 0 Å². The highest BCUT2D eigenvalue weighted by Crippen LogP contribution is 2.58. The molecule has 0 bridgehead atoms. The van der Waals surface area contributed by atoms with Crippen LogP contribution in [0.3, 0.4) is 0 Å². The van der Waals surface area contributed by atoms with Crippen molar-refractivity contribution < 1.29 is 0 Å². The monoisotopic (exact) mass is 715 g/mol. The van der Waals surface area contributed by atoms with Crippen molar-refractivity contribution in [3.05, 3.63) is 233 Å². The third-order valence-corrected chi connectivity index (χ3v) is 10.9. The molecule has 1 aliphatic carbocycles. The van der Waals surface area contributed by atoms with Crippen LogP contribution in [0.1, 0.15) is 22.3 Å². The second-order valence-electron chi connectivity index (χ2n) is 13.0. The molecule has 0 spiro atoms. The van der Waals surface area contributed by atoms with Gasteiger partial charge in [0.15, 0.2) is 0 Å². The van der Waals surface area contributed by atoms with Gasteiger partial charge in [-0.3, -0.25) is 0 Å². The number of benzene rings is 8. The van der Waals surface area contributed by atoms with E-state index >= 15 is 0 Å². The van der Waals surface area contributed by atoms with Gasteiger partial charge in [0, 0.05) is 21.5 Å². The first kappa shape index (κ1) is 31.1. The molecule has 1 nitrogen and oxygen atoms in total. The summed E-state index contributed by atoms with van der Waals surface area (Å²) < 4.78 is 1.09. The van der Waals surface area contributed by atoms with Crippen molar-refractivity contribution in [2.75, 3.05) is 4.90 Å². The van der Waals surface area contributed by atoms with E-state index in [1.54, 1.807) is 0 Å². The lowest BCUT2D eigenvalue weighted by Crippen LogP contribution is -2.29. The molecule has 0 aliphatic heterocycles. The highest BCUT2D eigenvalue weighted by molar-refractivity contribution is 9.10. The summed E-state index contributed by atoms with van der Waals surface area (Å²) >= 11 is 4.02. The van der Waals surface area contributed by atoms with Crippen molar-refractivity contribution in [1.29, 1.82) is 0 Å². The molecular formula is C49H34BrN. The van der Waals surface area contributed by atoms with Gasteiger partial charge in [0.2, 0.25) is 0 Å². The average molecular weight is 717 g/mol. The van der Waals surface area contributed by atoms with Crippen LogP contribution in [0.5, 0.6) is 0 Å². The van der Waals surface area contributed by atoms with Gasteiger partial charge in [-0.15, -0.1) is 0 Å². The van der Waals surface area contributed by atoms with E-state index in [1.165, 1.54) is 55.6 Å². The van der Waals surface area contributed by atoms with Gasteiger partial charge in [-0.1, -0.05) is 174 Å². The Kier molecular flexibility index (Phi) is 7.95. The molecule has 8 aromatic carbocycles. The van der Waals surface area contributed by atoms with E-state index in [-0.39, 0.29) is 0 Å². The van der Waals surface area contributed by atoms with Crippen LogP contribution in [-0.4, -0.2) is 0 Å². The van der Waals surface area contributed by atoms with Gasteiger partial charge in [0.1, 0.15) is 0 Å². The summed E-state index contributed by atoms with van der Waals surface area (Å²) in [5.74, 6) is 0. The third-order valence-electron chi connectivity index (χ3n) is 10.2. The number of para-hydroxylation sites is 1. The smallest absolute Gasteiger partial charge is 0.0724 e. The quantitative estimate of drug-likeness (QED) is 0.159. The predicted octanol–water partition coefficient (Wildman–Crippen LogP) is 13.6. The Hall–Kier alpha value is -5.96. The molecule has 1 aliphatic rings. The summed E-state index contributed by atoms with van der Waals surface area (Å²) in [6.45, 7) is 0. The summed E-state index contributed by atoms with van der Waals surface area (Å²) in [6.07, 6.45) is 0. The molecule has 0 fully saturated rings. The van der Waals surface area contributed by atoms with Crippen molar-refractivity contribution in [2.24, 2.45) is 0 Å². The molecule has 1 atom stereocenters. The van der Waals surface area contributed by atoms with Gasteiger partial charge < -0.3 is 4.90 Å². The van der Waals surface area contributed by atoms with E-state index < -0.39 is 5.41 Å². The topological polar surface area (TPSA) is 3.24 Å². The number of hydrogen-bond acceptors (Lipinski definition) is 1. The number of anilines is 3. The second-order valence-corrected chi connectivity index (χ2v) is 13.9. The van der Waals surface area contributed by atoms with Gasteiger partial charge >= 0.3 is 0 Å². The zero-order valence-electron chi connectivity index (χ0n) is 28.0. The molecule has 2 heteroatoms. The van der Waals surface area contributed by atoms with Gasteiger partial charge in [0.25, 0.3) is 0 Å². The third kappa shape index (κ3) is 5.31. The maximum Gasteiger partial charge on any atom is 0.0724 e. The number of halogens is 1. The first-order valence-electron chi connectivity index (χ1n) is 17.4.